The molecule has 1 amide bonds. The third kappa shape index (κ3) is 3.12. The number of halogens is 3. The molecule has 1 fully saturated rings. The molecule has 1 N–H and O–H groups in total. The zero-order valence-corrected chi connectivity index (χ0v) is 11.3. The van der Waals surface area contributed by atoms with E-state index < -0.39 is 41.8 Å². The van der Waals surface area contributed by atoms with Crippen molar-refractivity contribution in [3.8, 4) is 0 Å². The maximum Gasteiger partial charge on any atom is 0.421 e. The number of amides is 1. The number of likely N-dealkylation sites (tertiary alicyclic amines) is 1. The minimum absolute atomic E-state index is 0.212. The summed E-state index contributed by atoms with van der Waals surface area (Å²) in [6.45, 7) is -0.407. The standard InChI is InChI=1S/C13H13F3N2O4/c14-13(15,16)8-3-1-5-17(11(8)20)7-10(19)18-6-2-4-9(18)12(21)22/h1,3,5,9H,2,4,6-7H2,(H,21,22). The van der Waals surface area contributed by atoms with Crippen molar-refractivity contribution in [2.75, 3.05) is 6.54 Å². The van der Waals surface area contributed by atoms with Gasteiger partial charge in [0, 0.05) is 12.7 Å². The lowest BCUT2D eigenvalue weighted by Gasteiger charge is -2.22. The number of carbonyl (C=O) groups is 2. The number of nitrogens with zero attached hydrogens (tertiary/aromatic N) is 2. The molecule has 1 aromatic heterocycles. The Balaban J connectivity index is 2.23. The van der Waals surface area contributed by atoms with Crippen LogP contribution < -0.4 is 5.56 Å². The minimum atomic E-state index is -4.81. The molecule has 120 valence electrons. The van der Waals surface area contributed by atoms with E-state index in [1.807, 2.05) is 0 Å². The van der Waals surface area contributed by atoms with Crippen LogP contribution in [0.1, 0.15) is 18.4 Å². The topological polar surface area (TPSA) is 79.6 Å². The van der Waals surface area contributed by atoms with Gasteiger partial charge in [0.1, 0.15) is 18.2 Å². The van der Waals surface area contributed by atoms with Crippen LogP contribution in [0.3, 0.4) is 0 Å². The van der Waals surface area contributed by atoms with Gasteiger partial charge in [-0.3, -0.25) is 9.59 Å². The maximum atomic E-state index is 12.6. The van der Waals surface area contributed by atoms with Crippen molar-refractivity contribution in [1.29, 1.82) is 0 Å². The molecule has 6 nitrogen and oxygen atoms in total. The highest BCUT2D eigenvalue weighted by atomic mass is 19.4. The summed E-state index contributed by atoms with van der Waals surface area (Å²) in [4.78, 5) is 35.9. The largest absolute Gasteiger partial charge is 0.480 e. The number of alkyl halides is 3. The van der Waals surface area contributed by atoms with E-state index in [0.29, 0.717) is 23.5 Å². The molecule has 0 saturated carbocycles. The maximum absolute atomic E-state index is 12.6. The lowest BCUT2D eigenvalue weighted by atomic mass is 10.2. The molecule has 2 heterocycles. The van der Waals surface area contributed by atoms with Crippen LogP contribution in [0.25, 0.3) is 0 Å². The Labute approximate surface area is 122 Å². The first-order valence-corrected chi connectivity index (χ1v) is 6.50. The van der Waals surface area contributed by atoms with Gasteiger partial charge in [-0.1, -0.05) is 0 Å². The molecule has 1 unspecified atom stereocenters. The fourth-order valence-electron chi connectivity index (χ4n) is 2.44. The van der Waals surface area contributed by atoms with Gasteiger partial charge in [-0.2, -0.15) is 13.2 Å². The molecule has 0 radical (unpaired) electrons. The van der Waals surface area contributed by atoms with Gasteiger partial charge in [-0.25, -0.2) is 4.79 Å². The van der Waals surface area contributed by atoms with Gasteiger partial charge in [0.25, 0.3) is 5.56 Å². The Morgan fingerprint density at radius 1 is 1.36 bits per heavy atom. The lowest BCUT2D eigenvalue weighted by molar-refractivity contribution is -0.148. The van der Waals surface area contributed by atoms with Crippen molar-refractivity contribution < 1.29 is 27.9 Å². The first kappa shape index (κ1) is 16.1. The number of carboxylic acids is 1. The monoisotopic (exact) mass is 318 g/mol. The van der Waals surface area contributed by atoms with E-state index in [0.717, 1.165) is 17.2 Å². The van der Waals surface area contributed by atoms with Gasteiger partial charge < -0.3 is 14.6 Å². The third-order valence-corrected chi connectivity index (χ3v) is 3.49. The third-order valence-electron chi connectivity index (χ3n) is 3.49. The number of carbonyl (C=O) groups excluding carboxylic acids is 1. The van der Waals surface area contributed by atoms with Crippen LogP contribution in [0.5, 0.6) is 0 Å². The molecule has 1 aliphatic heterocycles. The fraction of sp³-hybridized carbons (Fsp3) is 0.462. The quantitative estimate of drug-likeness (QED) is 0.899. The van der Waals surface area contributed by atoms with Crippen molar-refractivity contribution >= 4 is 11.9 Å². The van der Waals surface area contributed by atoms with Gasteiger partial charge in [-0.15, -0.1) is 0 Å². The van der Waals surface area contributed by atoms with Crippen LogP contribution in [0, 0.1) is 0 Å². The average Bonchev–Trinajstić information content (AvgIpc) is 2.89. The Kier molecular flexibility index (Phi) is 4.25. The summed E-state index contributed by atoms with van der Waals surface area (Å²) < 4.78 is 38.6. The summed E-state index contributed by atoms with van der Waals surface area (Å²) in [6.07, 6.45) is -2.94. The van der Waals surface area contributed by atoms with Crippen molar-refractivity contribution in [3.63, 3.8) is 0 Å². The smallest absolute Gasteiger partial charge is 0.421 e. The Hall–Kier alpha value is -2.32. The summed E-state index contributed by atoms with van der Waals surface area (Å²) in [6, 6.07) is 0.670. The average molecular weight is 318 g/mol. The molecule has 2 rings (SSSR count). The molecule has 0 aliphatic carbocycles. The van der Waals surface area contributed by atoms with Crippen LogP contribution in [-0.4, -0.2) is 39.0 Å². The van der Waals surface area contributed by atoms with E-state index in [2.05, 4.69) is 0 Å². The number of carboxylic acid groups (broad SMARTS) is 1. The molecular formula is C13H13F3N2O4. The molecule has 0 spiro atoms. The molecule has 1 atom stereocenters. The fourth-order valence-corrected chi connectivity index (χ4v) is 2.44. The second-order valence-electron chi connectivity index (χ2n) is 4.94. The van der Waals surface area contributed by atoms with Gasteiger partial charge >= 0.3 is 12.1 Å². The molecule has 9 heteroatoms. The zero-order valence-electron chi connectivity index (χ0n) is 11.3. The minimum Gasteiger partial charge on any atom is -0.480 e. The number of aromatic nitrogens is 1. The number of rotatable bonds is 3. The molecule has 0 aromatic carbocycles. The van der Waals surface area contributed by atoms with Gasteiger partial charge in [0.05, 0.1) is 0 Å². The van der Waals surface area contributed by atoms with E-state index in [4.69, 9.17) is 5.11 Å². The second kappa shape index (κ2) is 5.82. The summed E-state index contributed by atoms with van der Waals surface area (Å²) in [5.74, 6) is -1.85. The molecule has 1 saturated heterocycles. The highest BCUT2D eigenvalue weighted by Crippen LogP contribution is 2.26. The second-order valence-corrected chi connectivity index (χ2v) is 4.94. The highest BCUT2D eigenvalue weighted by Gasteiger charge is 2.36. The molecule has 22 heavy (non-hydrogen) atoms. The van der Waals surface area contributed by atoms with Crippen molar-refractivity contribution in [2.45, 2.75) is 31.6 Å². The van der Waals surface area contributed by atoms with E-state index in [9.17, 15) is 27.6 Å². The van der Waals surface area contributed by atoms with E-state index in [1.165, 1.54) is 0 Å². The Morgan fingerprint density at radius 3 is 2.64 bits per heavy atom. The van der Waals surface area contributed by atoms with Crippen LogP contribution in [0.4, 0.5) is 13.2 Å². The van der Waals surface area contributed by atoms with Crippen molar-refractivity contribution in [2.24, 2.45) is 0 Å². The molecular weight excluding hydrogens is 305 g/mol. The van der Waals surface area contributed by atoms with Gasteiger partial charge in [0.2, 0.25) is 5.91 Å². The summed E-state index contributed by atoms with van der Waals surface area (Å²) in [5.41, 5.74) is -2.69. The first-order valence-electron chi connectivity index (χ1n) is 6.50. The predicted octanol–water partition coefficient (Wildman–Crippen LogP) is 0.943. The highest BCUT2D eigenvalue weighted by molar-refractivity contribution is 5.84. The van der Waals surface area contributed by atoms with Gasteiger partial charge in [-0.05, 0) is 25.0 Å². The number of aliphatic carboxylic acids is 1. The molecule has 1 aromatic rings. The Morgan fingerprint density at radius 2 is 2.05 bits per heavy atom. The normalized spacial score (nSPS) is 18.5. The van der Waals surface area contributed by atoms with Crippen molar-refractivity contribution in [1.82, 2.24) is 9.47 Å². The van der Waals surface area contributed by atoms with E-state index in [-0.39, 0.29) is 6.54 Å². The first-order chi connectivity index (χ1) is 10.2. The lowest BCUT2D eigenvalue weighted by Crippen LogP contribution is -2.43. The molecule has 0 bridgehead atoms. The van der Waals surface area contributed by atoms with Crippen LogP contribution in [0.15, 0.2) is 23.1 Å². The van der Waals surface area contributed by atoms with Crippen LogP contribution >= 0.6 is 0 Å². The number of pyridine rings is 1. The number of hydrogen-bond acceptors (Lipinski definition) is 3. The SMILES string of the molecule is O=C(O)C1CCCN1C(=O)Cn1cccc(C(F)(F)F)c1=O. The van der Waals surface area contributed by atoms with Gasteiger partial charge in [0.15, 0.2) is 0 Å². The van der Waals surface area contributed by atoms with E-state index >= 15 is 0 Å². The van der Waals surface area contributed by atoms with Crippen LogP contribution in [-0.2, 0) is 22.3 Å². The van der Waals surface area contributed by atoms with Crippen molar-refractivity contribution in [3.05, 3.63) is 34.2 Å². The number of hydrogen-bond donors (Lipinski definition) is 1. The Bertz CT molecular complexity index is 653. The van der Waals surface area contributed by atoms with Crippen LogP contribution in [0.2, 0.25) is 0 Å². The van der Waals surface area contributed by atoms with E-state index in [1.54, 1.807) is 0 Å². The summed E-state index contributed by atoms with van der Waals surface area (Å²) >= 11 is 0. The zero-order chi connectivity index (χ0) is 16.5. The predicted molar refractivity (Wildman–Crippen MR) is 68.1 cm³/mol. The summed E-state index contributed by atoms with van der Waals surface area (Å²) in [5, 5.41) is 8.99. The molecule has 1 aliphatic rings. The summed E-state index contributed by atoms with van der Waals surface area (Å²) in [7, 11) is 0.